The molecule has 4 rings (SSSR count). The molecule has 0 radical (unpaired) electrons. The van der Waals surface area contributed by atoms with Gasteiger partial charge in [0, 0.05) is 19.4 Å². The molecule has 0 spiro atoms. The molecule has 150 valence electrons. The van der Waals surface area contributed by atoms with Crippen molar-refractivity contribution in [2.75, 3.05) is 0 Å². The van der Waals surface area contributed by atoms with Gasteiger partial charge in [-0.3, -0.25) is 5.41 Å². The van der Waals surface area contributed by atoms with E-state index in [-0.39, 0.29) is 10.6 Å². The Morgan fingerprint density at radius 2 is 1.83 bits per heavy atom. The van der Waals surface area contributed by atoms with E-state index in [1.165, 1.54) is 12.1 Å². The number of nitrogens with zero attached hydrogens (tertiary/aromatic N) is 3. The Labute approximate surface area is 167 Å². The Kier molecular flexibility index (Phi) is 5.10. The summed E-state index contributed by atoms with van der Waals surface area (Å²) in [5.41, 5.74) is 3.44. The molecule has 0 atom stereocenters. The maximum absolute atomic E-state index is 12.4. The predicted molar refractivity (Wildman–Crippen MR) is 102 cm³/mol. The molecule has 0 aliphatic heterocycles. The predicted octanol–water partition coefficient (Wildman–Crippen LogP) is 4.03. The second-order valence-corrected chi connectivity index (χ2v) is 7.40. The number of alkyl halides is 3. The lowest BCUT2D eigenvalue weighted by Crippen LogP contribution is -2.17. The molecule has 0 unspecified atom stereocenters. The Morgan fingerprint density at radius 1 is 1.07 bits per heavy atom. The van der Waals surface area contributed by atoms with Crippen LogP contribution in [0.4, 0.5) is 13.2 Å². The molecule has 0 aliphatic rings. The van der Waals surface area contributed by atoms with Crippen molar-refractivity contribution in [1.82, 2.24) is 20.0 Å². The number of aryl methyl sites for hydroxylation is 2. The first kappa shape index (κ1) is 19.2. The van der Waals surface area contributed by atoms with Gasteiger partial charge in [0.15, 0.2) is 4.80 Å². The molecule has 4 aromatic rings. The first-order valence-corrected chi connectivity index (χ1v) is 9.57. The van der Waals surface area contributed by atoms with E-state index in [0.29, 0.717) is 29.6 Å². The van der Waals surface area contributed by atoms with Crippen LogP contribution in [0.1, 0.15) is 17.0 Å². The third-order valence-corrected chi connectivity index (χ3v) is 5.36. The van der Waals surface area contributed by atoms with Crippen molar-refractivity contribution in [1.29, 1.82) is 5.41 Å². The van der Waals surface area contributed by atoms with Crippen LogP contribution in [0.15, 0.2) is 48.5 Å². The van der Waals surface area contributed by atoms with Crippen molar-refractivity contribution in [2.24, 2.45) is 0 Å². The summed E-state index contributed by atoms with van der Waals surface area (Å²) in [6.07, 6.45) is -3.55. The summed E-state index contributed by atoms with van der Waals surface area (Å²) in [5.74, 6) is -0.292. The van der Waals surface area contributed by atoms with E-state index in [0.717, 1.165) is 28.3 Å². The van der Waals surface area contributed by atoms with Crippen molar-refractivity contribution >= 4 is 21.6 Å². The number of halogens is 3. The highest BCUT2D eigenvalue weighted by Crippen LogP contribution is 2.28. The largest absolute Gasteiger partial charge is 0.573 e. The Hall–Kier alpha value is -3.14. The highest BCUT2D eigenvalue weighted by atomic mass is 32.1. The van der Waals surface area contributed by atoms with E-state index in [1.54, 1.807) is 10.6 Å². The van der Waals surface area contributed by atoms with Crippen LogP contribution in [0.2, 0.25) is 0 Å². The minimum absolute atomic E-state index is 0.247. The summed E-state index contributed by atoms with van der Waals surface area (Å²) in [7, 11) is 0. The number of fused-ring (bicyclic) bond motifs is 1. The fraction of sp³-hybridized carbons (Fsp3) is 0.211. The van der Waals surface area contributed by atoms with Gasteiger partial charge in [-0.15, -0.1) is 13.2 Å². The molecule has 10 heteroatoms. The van der Waals surface area contributed by atoms with Crippen LogP contribution in [0.25, 0.3) is 10.2 Å². The van der Waals surface area contributed by atoms with E-state index in [1.807, 2.05) is 30.3 Å². The number of rotatable bonds is 6. The summed E-state index contributed by atoms with van der Waals surface area (Å²) in [6.45, 7) is 0.465. The zero-order valence-electron chi connectivity index (χ0n) is 15.0. The van der Waals surface area contributed by atoms with Crippen molar-refractivity contribution < 1.29 is 17.9 Å². The molecule has 0 saturated carbocycles. The van der Waals surface area contributed by atoms with Crippen molar-refractivity contribution in [3.8, 4) is 5.75 Å². The lowest BCUT2D eigenvalue weighted by molar-refractivity contribution is -0.274. The normalized spacial score (nSPS) is 11.8. The van der Waals surface area contributed by atoms with Gasteiger partial charge >= 0.3 is 6.36 Å². The summed E-state index contributed by atoms with van der Waals surface area (Å²) >= 11 is 1.10. The monoisotopic (exact) mass is 419 g/mol. The van der Waals surface area contributed by atoms with Crippen LogP contribution in [0, 0.1) is 5.41 Å². The molecule has 2 aromatic heterocycles. The fourth-order valence-electron chi connectivity index (χ4n) is 3.11. The van der Waals surface area contributed by atoms with E-state index >= 15 is 0 Å². The third-order valence-electron chi connectivity index (χ3n) is 4.40. The average molecular weight is 419 g/mol. The van der Waals surface area contributed by atoms with Gasteiger partial charge in [-0.2, -0.15) is 15.4 Å². The molecule has 2 heterocycles. The standard InChI is InChI=1S/C19H16F3N5OS/c20-19(21,22)28-13-6-7-16-17(11-13)29-18(23)27(16)9-8-14-15(25-26-24-14)10-12-4-2-1-3-5-12/h1-7,11,23H,8-10H2,(H,24,25,26). The van der Waals surface area contributed by atoms with Gasteiger partial charge in [-0.05, 0) is 23.8 Å². The fourth-order valence-corrected chi connectivity index (χ4v) is 4.08. The number of H-pyrrole nitrogens is 1. The van der Waals surface area contributed by atoms with Gasteiger partial charge in [0.2, 0.25) is 0 Å². The minimum Gasteiger partial charge on any atom is -0.406 e. The third kappa shape index (κ3) is 4.48. The number of aromatic nitrogens is 4. The SMILES string of the molecule is N=c1sc2cc(OC(F)(F)F)ccc2n1CCc1n[nH]nc1Cc1ccccc1. The van der Waals surface area contributed by atoms with Crippen LogP contribution in [-0.4, -0.2) is 26.3 Å². The topological polar surface area (TPSA) is 79.6 Å². The first-order valence-electron chi connectivity index (χ1n) is 8.75. The Morgan fingerprint density at radius 3 is 2.59 bits per heavy atom. The molecular formula is C19H16F3N5OS. The molecule has 0 amide bonds. The van der Waals surface area contributed by atoms with Gasteiger partial charge in [-0.25, -0.2) is 0 Å². The molecule has 29 heavy (non-hydrogen) atoms. The quantitative estimate of drug-likeness (QED) is 0.495. The van der Waals surface area contributed by atoms with Crippen LogP contribution >= 0.6 is 11.3 Å². The second-order valence-electron chi connectivity index (χ2n) is 6.37. The van der Waals surface area contributed by atoms with E-state index < -0.39 is 6.36 Å². The molecule has 0 aliphatic carbocycles. The van der Waals surface area contributed by atoms with E-state index in [9.17, 15) is 13.2 Å². The van der Waals surface area contributed by atoms with Gasteiger partial charge in [-0.1, -0.05) is 41.7 Å². The molecule has 0 fully saturated rings. The molecule has 0 saturated heterocycles. The molecule has 6 nitrogen and oxygen atoms in total. The molecule has 2 aromatic carbocycles. The zero-order valence-corrected chi connectivity index (χ0v) is 15.8. The lowest BCUT2D eigenvalue weighted by atomic mass is 10.1. The van der Waals surface area contributed by atoms with Crippen molar-refractivity contribution in [2.45, 2.75) is 25.7 Å². The number of aromatic amines is 1. The number of thiazole rings is 1. The summed E-state index contributed by atoms with van der Waals surface area (Å²) < 4.78 is 43.5. The van der Waals surface area contributed by atoms with Crippen LogP contribution in [-0.2, 0) is 19.4 Å². The van der Waals surface area contributed by atoms with Crippen LogP contribution in [0.3, 0.4) is 0 Å². The highest BCUT2D eigenvalue weighted by molar-refractivity contribution is 7.16. The van der Waals surface area contributed by atoms with Crippen molar-refractivity contribution in [3.05, 3.63) is 70.3 Å². The average Bonchev–Trinajstić information content (AvgIpc) is 3.22. The highest BCUT2D eigenvalue weighted by Gasteiger charge is 2.31. The minimum atomic E-state index is -4.74. The maximum atomic E-state index is 12.4. The number of nitrogens with one attached hydrogen (secondary N) is 2. The van der Waals surface area contributed by atoms with Gasteiger partial charge < -0.3 is 9.30 Å². The summed E-state index contributed by atoms with van der Waals surface area (Å²) in [5, 5.41) is 19.3. The van der Waals surface area contributed by atoms with Crippen LogP contribution < -0.4 is 9.54 Å². The Bertz CT molecular complexity index is 1180. The smallest absolute Gasteiger partial charge is 0.406 e. The van der Waals surface area contributed by atoms with Crippen molar-refractivity contribution in [3.63, 3.8) is 0 Å². The van der Waals surface area contributed by atoms with E-state index in [4.69, 9.17) is 5.41 Å². The second kappa shape index (κ2) is 7.70. The number of hydrogen-bond donors (Lipinski definition) is 2. The lowest BCUT2D eigenvalue weighted by Gasteiger charge is -2.09. The van der Waals surface area contributed by atoms with Gasteiger partial charge in [0.05, 0.1) is 21.6 Å². The van der Waals surface area contributed by atoms with E-state index in [2.05, 4.69) is 20.1 Å². The molecule has 2 N–H and O–H groups in total. The summed E-state index contributed by atoms with van der Waals surface area (Å²) in [6, 6.07) is 14.0. The first-order chi connectivity index (χ1) is 13.9. The zero-order chi connectivity index (χ0) is 20.4. The van der Waals surface area contributed by atoms with Crippen LogP contribution in [0.5, 0.6) is 5.75 Å². The van der Waals surface area contributed by atoms with Gasteiger partial charge in [0.25, 0.3) is 0 Å². The number of benzene rings is 2. The maximum Gasteiger partial charge on any atom is 0.573 e. The molecule has 0 bridgehead atoms. The Balaban J connectivity index is 1.53. The molecular weight excluding hydrogens is 403 g/mol. The summed E-state index contributed by atoms with van der Waals surface area (Å²) in [4.78, 5) is 0.247. The van der Waals surface area contributed by atoms with Gasteiger partial charge in [0.1, 0.15) is 5.75 Å². The number of ether oxygens (including phenoxy) is 1. The number of hydrogen-bond acceptors (Lipinski definition) is 5.